The Labute approximate surface area is 223 Å². The molecule has 3 aliphatic rings. The highest BCUT2D eigenvalue weighted by atomic mass is 16.5. The van der Waals surface area contributed by atoms with Crippen molar-refractivity contribution in [3.8, 4) is 28.3 Å². The maximum absolute atomic E-state index is 6.42. The molecule has 0 bridgehead atoms. The van der Waals surface area contributed by atoms with Crippen LogP contribution in [0.4, 0.5) is 11.9 Å². The summed E-state index contributed by atoms with van der Waals surface area (Å²) in [6.45, 7) is 0.795. The Hall–Kier alpha value is -3.68. The molecule has 0 amide bonds. The smallest absolute Gasteiger partial charge is 0.223 e. The van der Waals surface area contributed by atoms with Crippen molar-refractivity contribution in [2.45, 2.75) is 76.2 Å². The number of benzene rings is 1. The number of fused-ring (bicyclic) bond motifs is 1. The van der Waals surface area contributed by atoms with Crippen LogP contribution in [0.2, 0.25) is 0 Å². The zero-order chi connectivity index (χ0) is 25.5. The van der Waals surface area contributed by atoms with Gasteiger partial charge in [0, 0.05) is 29.6 Å². The molecule has 0 unspecified atom stereocenters. The molecule has 3 N–H and O–H groups in total. The summed E-state index contributed by atoms with van der Waals surface area (Å²) >= 11 is 0. The number of rotatable bonds is 8. The molecule has 3 fully saturated rings. The summed E-state index contributed by atoms with van der Waals surface area (Å²) in [6, 6.07) is 10.7. The molecular weight excluding hydrogens is 474 g/mol. The summed E-state index contributed by atoms with van der Waals surface area (Å²) in [7, 11) is 0. The third kappa shape index (κ3) is 4.57. The van der Waals surface area contributed by atoms with Crippen LogP contribution in [0.3, 0.4) is 0 Å². The van der Waals surface area contributed by atoms with Crippen molar-refractivity contribution in [1.29, 1.82) is 0 Å². The first-order chi connectivity index (χ1) is 18.7. The van der Waals surface area contributed by atoms with Crippen molar-refractivity contribution < 1.29 is 4.74 Å². The third-order valence-electron chi connectivity index (χ3n) is 8.42. The number of nitrogen functional groups attached to an aromatic ring is 1. The van der Waals surface area contributed by atoms with Gasteiger partial charge in [-0.15, -0.1) is 0 Å². The van der Waals surface area contributed by atoms with Crippen molar-refractivity contribution in [3.05, 3.63) is 48.3 Å². The van der Waals surface area contributed by atoms with Crippen LogP contribution in [0.15, 0.2) is 42.7 Å². The maximum atomic E-state index is 6.42. The van der Waals surface area contributed by atoms with Crippen molar-refractivity contribution in [3.63, 3.8) is 0 Å². The molecule has 0 spiro atoms. The zero-order valence-corrected chi connectivity index (χ0v) is 21.8. The van der Waals surface area contributed by atoms with Gasteiger partial charge in [-0.3, -0.25) is 0 Å². The minimum absolute atomic E-state index is 0.386. The van der Waals surface area contributed by atoms with Gasteiger partial charge in [-0.2, -0.15) is 9.61 Å². The summed E-state index contributed by atoms with van der Waals surface area (Å²) in [4.78, 5) is 14.1. The molecule has 0 atom stereocenters. The lowest BCUT2D eigenvalue weighted by Gasteiger charge is -2.15. The summed E-state index contributed by atoms with van der Waals surface area (Å²) in [5, 5.41) is 8.61. The van der Waals surface area contributed by atoms with E-state index in [4.69, 9.17) is 20.6 Å². The van der Waals surface area contributed by atoms with Crippen LogP contribution in [0, 0.1) is 5.92 Å². The van der Waals surface area contributed by atoms with Gasteiger partial charge in [0.1, 0.15) is 11.4 Å². The van der Waals surface area contributed by atoms with Crippen molar-refractivity contribution in [2.75, 3.05) is 17.7 Å². The number of anilines is 2. The van der Waals surface area contributed by atoms with Crippen LogP contribution >= 0.6 is 0 Å². The second kappa shape index (κ2) is 9.89. The van der Waals surface area contributed by atoms with E-state index in [1.54, 1.807) is 0 Å². The molecule has 8 nitrogen and oxygen atoms in total. The molecule has 3 aliphatic carbocycles. The molecule has 38 heavy (non-hydrogen) atoms. The van der Waals surface area contributed by atoms with Gasteiger partial charge < -0.3 is 15.8 Å². The minimum Gasteiger partial charge on any atom is -0.493 e. The molecule has 0 radical (unpaired) electrons. The van der Waals surface area contributed by atoms with Gasteiger partial charge in [-0.05, 0) is 80.7 Å². The number of aromatic nitrogens is 5. The number of nitrogens with one attached hydrogen (secondary N) is 1. The zero-order valence-electron chi connectivity index (χ0n) is 21.8. The van der Waals surface area contributed by atoms with Gasteiger partial charge in [-0.25, -0.2) is 15.0 Å². The first-order valence-electron chi connectivity index (χ1n) is 14.2. The molecule has 1 aromatic carbocycles. The molecule has 0 aliphatic heterocycles. The van der Waals surface area contributed by atoms with Gasteiger partial charge in [0.25, 0.3) is 0 Å². The van der Waals surface area contributed by atoms with E-state index in [1.807, 2.05) is 35.1 Å². The fourth-order valence-corrected chi connectivity index (χ4v) is 6.11. The number of hydrogen-bond donors (Lipinski definition) is 2. The average Bonchev–Trinajstić information content (AvgIpc) is 3.31. The van der Waals surface area contributed by atoms with E-state index in [2.05, 4.69) is 27.4 Å². The van der Waals surface area contributed by atoms with Gasteiger partial charge in [0.15, 0.2) is 0 Å². The van der Waals surface area contributed by atoms with E-state index in [1.165, 1.54) is 56.9 Å². The van der Waals surface area contributed by atoms with Crippen LogP contribution in [0.25, 0.3) is 28.0 Å². The number of hydrogen-bond acceptors (Lipinski definition) is 7. The Morgan fingerprint density at radius 3 is 2.45 bits per heavy atom. The van der Waals surface area contributed by atoms with E-state index in [0.29, 0.717) is 29.8 Å². The largest absolute Gasteiger partial charge is 0.493 e. The molecule has 0 saturated heterocycles. The van der Waals surface area contributed by atoms with Gasteiger partial charge in [0.05, 0.1) is 23.4 Å². The molecule has 3 aromatic heterocycles. The van der Waals surface area contributed by atoms with E-state index in [-0.39, 0.29) is 0 Å². The quantitative estimate of drug-likeness (QED) is 0.290. The van der Waals surface area contributed by atoms with Crippen molar-refractivity contribution >= 4 is 17.4 Å². The Kier molecular flexibility index (Phi) is 6.10. The second-order valence-electron chi connectivity index (χ2n) is 11.2. The molecule has 7 rings (SSSR count). The minimum atomic E-state index is 0.386. The van der Waals surface area contributed by atoms with Crippen LogP contribution < -0.4 is 15.8 Å². The van der Waals surface area contributed by atoms with Crippen molar-refractivity contribution in [1.82, 2.24) is 24.6 Å². The summed E-state index contributed by atoms with van der Waals surface area (Å²) in [5.74, 6) is 3.12. The first-order valence-corrected chi connectivity index (χ1v) is 14.2. The van der Waals surface area contributed by atoms with Crippen LogP contribution in [0.5, 0.6) is 5.75 Å². The Bertz CT molecular complexity index is 1430. The number of nitrogens with zero attached hydrogens (tertiary/aromatic N) is 5. The summed E-state index contributed by atoms with van der Waals surface area (Å²) in [5.41, 5.74) is 12.3. The monoisotopic (exact) mass is 509 g/mol. The molecule has 4 aromatic rings. The molecule has 8 heteroatoms. The van der Waals surface area contributed by atoms with Crippen LogP contribution in [-0.2, 0) is 0 Å². The third-order valence-corrected chi connectivity index (χ3v) is 8.42. The van der Waals surface area contributed by atoms with E-state index in [0.717, 1.165) is 53.2 Å². The SMILES string of the molecule is Nc1ncc(C2CCCC2)c2c(-c3ccnc(NC4CCCC4)n3)c(-c3ccc(OCC4CC4)cc3)nn12. The highest BCUT2D eigenvalue weighted by Crippen LogP contribution is 2.43. The van der Waals surface area contributed by atoms with Crippen LogP contribution in [-0.4, -0.2) is 37.2 Å². The average molecular weight is 510 g/mol. The highest BCUT2D eigenvalue weighted by Gasteiger charge is 2.28. The predicted octanol–water partition coefficient (Wildman–Crippen LogP) is 6.24. The number of ether oxygens (including phenoxy) is 1. The maximum Gasteiger partial charge on any atom is 0.223 e. The van der Waals surface area contributed by atoms with E-state index < -0.39 is 0 Å². The topological polar surface area (TPSA) is 103 Å². The molecule has 3 heterocycles. The van der Waals surface area contributed by atoms with E-state index >= 15 is 0 Å². The second-order valence-corrected chi connectivity index (χ2v) is 11.2. The number of nitrogens with two attached hydrogens (primary N) is 1. The first kappa shape index (κ1) is 23.4. The summed E-state index contributed by atoms with van der Waals surface area (Å²) in [6.07, 6.45) is 16.0. The van der Waals surface area contributed by atoms with Gasteiger partial charge >= 0.3 is 0 Å². The Morgan fingerprint density at radius 1 is 0.921 bits per heavy atom. The lowest BCUT2D eigenvalue weighted by Crippen LogP contribution is -2.16. The predicted molar refractivity (Wildman–Crippen MR) is 149 cm³/mol. The fraction of sp³-hybridized carbons (Fsp3) is 0.467. The standard InChI is InChI=1S/C30H35N7O/c31-29-33-17-24(20-5-1-2-6-20)28-26(25-15-16-32-30(35-25)34-22-7-3-4-8-22)27(36-37(28)29)21-11-13-23(14-12-21)38-18-19-9-10-19/h11-17,19-20,22H,1-10,18H2,(H2,31,33)(H,32,34,35). The Morgan fingerprint density at radius 2 is 1.68 bits per heavy atom. The van der Waals surface area contributed by atoms with E-state index in [9.17, 15) is 0 Å². The summed E-state index contributed by atoms with van der Waals surface area (Å²) < 4.78 is 7.82. The molecule has 3 saturated carbocycles. The highest BCUT2D eigenvalue weighted by molar-refractivity contribution is 5.93. The normalized spacial score (nSPS) is 18.4. The van der Waals surface area contributed by atoms with Crippen molar-refractivity contribution in [2.24, 2.45) is 5.92 Å². The van der Waals surface area contributed by atoms with Crippen LogP contribution in [0.1, 0.15) is 75.7 Å². The fourth-order valence-electron chi connectivity index (χ4n) is 6.11. The lowest BCUT2D eigenvalue weighted by molar-refractivity contribution is 0.300. The Balaban J connectivity index is 1.35. The van der Waals surface area contributed by atoms with Gasteiger partial charge in [0.2, 0.25) is 11.9 Å². The lowest BCUT2D eigenvalue weighted by atomic mass is 9.94. The molecule has 196 valence electrons. The van der Waals surface area contributed by atoms with Gasteiger partial charge in [-0.1, -0.05) is 25.7 Å². The molecular formula is C30H35N7O.